The van der Waals surface area contributed by atoms with Crippen LogP contribution in [0, 0.1) is 0 Å². The lowest BCUT2D eigenvalue weighted by Gasteiger charge is -2.07. The molecule has 76 valence electrons. The molecule has 3 N–H and O–H groups in total. The maximum absolute atomic E-state index is 11.6. The Morgan fingerprint density at radius 2 is 1.80 bits per heavy atom. The molecule has 0 fully saturated rings. The Hall–Kier alpha value is -2.03. The van der Waals surface area contributed by atoms with Crippen molar-refractivity contribution in [3.63, 3.8) is 0 Å². The number of nitrogens with two attached hydrogens (primary N) is 1. The number of nitrogens with one attached hydrogen (secondary N) is 1. The molecule has 2 aromatic carbocycles. The van der Waals surface area contributed by atoms with Crippen LogP contribution in [0.25, 0.3) is 10.8 Å². The molecule has 3 heteroatoms. The third-order valence-electron chi connectivity index (χ3n) is 2.43. The highest BCUT2D eigenvalue weighted by Crippen LogP contribution is 2.24. The second kappa shape index (κ2) is 3.61. The number of fused-ring (bicyclic) bond motifs is 1. The van der Waals surface area contributed by atoms with Crippen LogP contribution in [0.15, 0.2) is 36.4 Å². The van der Waals surface area contributed by atoms with Crippen molar-refractivity contribution < 1.29 is 4.79 Å². The first-order valence-corrected chi connectivity index (χ1v) is 4.73. The van der Waals surface area contributed by atoms with E-state index in [9.17, 15) is 4.79 Å². The number of nitrogen functional groups attached to an aromatic ring is 1. The van der Waals surface area contributed by atoms with Gasteiger partial charge in [0, 0.05) is 23.7 Å². The molecule has 15 heavy (non-hydrogen) atoms. The first kappa shape index (κ1) is 9.52. The number of hydrogen-bond donors (Lipinski definition) is 2. The summed E-state index contributed by atoms with van der Waals surface area (Å²) in [7, 11) is 1.62. The van der Waals surface area contributed by atoms with E-state index in [-0.39, 0.29) is 5.91 Å². The molecule has 0 bridgehead atoms. The number of hydrogen-bond acceptors (Lipinski definition) is 2. The summed E-state index contributed by atoms with van der Waals surface area (Å²) in [5.41, 5.74) is 7.18. The fourth-order valence-corrected chi connectivity index (χ4v) is 1.66. The second-order valence-electron chi connectivity index (χ2n) is 3.33. The van der Waals surface area contributed by atoms with Crippen LogP contribution in [-0.2, 0) is 0 Å². The van der Waals surface area contributed by atoms with Gasteiger partial charge in [-0.05, 0) is 17.5 Å². The quantitative estimate of drug-likeness (QED) is 0.689. The predicted octanol–water partition coefficient (Wildman–Crippen LogP) is 1.78. The zero-order chi connectivity index (χ0) is 10.8. The van der Waals surface area contributed by atoms with Crippen LogP contribution in [0.1, 0.15) is 10.4 Å². The molecule has 1 amide bonds. The Morgan fingerprint density at radius 3 is 2.47 bits per heavy atom. The number of amides is 1. The molecular weight excluding hydrogens is 188 g/mol. The third-order valence-corrected chi connectivity index (χ3v) is 2.43. The van der Waals surface area contributed by atoms with E-state index in [0.717, 1.165) is 10.8 Å². The van der Waals surface area contributed by atoms with Crippen LogP contribution in [0.5, 0.6) is 0 Å². The summed E-state index contributed by atoms with van der Waals surface area (Å²) in [6.45, 7) is 0. The summed E-state index contributed by atoms with van der Waals surface area (Å²) in [6, 6.07) is 11.1. The smallest absolute Gasteiger partial charge is 0.251 e. The topological polar surface area (TPSA) is 55.1 Å². The molecule has 0 heterocycles. The number of benzene rings is 2. The zero-order valence-electron chi connectivity index (χ0n) is 8.45. The van der Waals surface area contributed by atoms with E-state index in [4.69, 9.17) is 5.73 Å². The summed E-state index contributed by atoms with van der Waals surface area (Å²) in [5, 5.41) is 4.41. The Labute approximate surface area is 87.9 Å². The highest BCUT2D eigenvalue weighted by atomic mass is 16.1. The van der Waals surface area contributed by atoms with Gasteiger partial charge >= 0.3 is 0 Å². The summed E-state index contributed by atoms with van der Waals surface area (Å²) in [4.78, 5) is 11.6. The van der Waals surface area contributed by atoms with E-state index in [1.54, 1.807) is 19.2 Å². The van der Waals surface area contributed by atoms with Gasteiger partial charge in [-0.15, -0.1) is 0 Å². The first-order valence-electron chi connectivity index (χ1n) is 4.73. The van der Waals surface area contributed by atoms with Crippen molar-refractivity contribution in [2.45, 2.75) is 0 Å². The van der Waals surface area contributed by atoms with Crippen molar-refractivity contribution >= 4 is 22.4 Å². The molecule has 3 nitrogen and oxygen atoms in total. The molecule has 0 aliphatic rings. The van der Waals surface area contributed by atoms with Crippen molar-refractivity contribution in [3.05, 3.63) is 42.0 Å². The fraction of sp³-hybridized carbons (Fsp3) is 0.0833. The van der Waals surface area contributed by atoms with E-state index in [0.29, 0.717) is 11.3 Å². The van der Waals surface area contributed by atoms with Gasteiger partial charge in [0.2, 0.25) is 0 Å². The Morgan fingerprint density at radius 1 is 1.13 bits per heavy atom. The van der Waals surface area contributed by atoms with E-state index in [1.165, 1.54) is 0 Å². The number of anilines is 1. The minimum atomic E-state index is -0.0915. The average Bonchev–Trinajstić information content (AvgIpc) is 2.29. The average molecular weight is 200 g/mol. The minimum absolute atomic E-state index is 0.0915. The first-order chi connectivity index (χ1) is 7.24. The van der Waals surface area contributed by atoms with Gasteiger partial charge in [0.05, 0.1) is 0 Å². The van der Waals surface area contributed by atoms with E-state index in [1.807, 2.05) is 24.3 Å². The summed E-state index contributed by atoms with van der Waals surface area (Å²) in [5.74, 6) is -0.0915. The highest BCUT2D eigenvalue weighted by Gasteiger charge is 2.08. The van der Waals surface area contributed by atoms with Crippen LogP contribution in [0.3, 0.4) is 0 Å². The van der Waals surface area contributed by atoms with E-state index < -0.39 is 0 Å². The number of carbonyl (C=O) groups excluding carboxylic acids is 1. The number of carbonyl (C=O) groups is 1. The van der Waals surface area contributed by atoms with Gasteiger partial charge in [0.15, 0.2) is 0 Å². The molecular formula is C12H12N2O. The largest absolute Gasteiger partial charge is 0.398 e. The van der Waals surface area contributed by atoms with Gasteiger partial charge in [0.1, 0.15) is 0 Å². The molecule has 0 aromatic heterocycles. The van der Waals surface area contributed by atoms with Crippen LogP contribution in [0.2, 0.25) is 0 Å². The Kier molecular flexibility index (Phi) is 2.29. The van der Waals surface area contributed by atoms with Crippen molar-refractivity contribution in [1.29, 1.82) is 0 Å². The van der Waals surface area contributed by atoms with Crippen molar-refractivity contribution in [1.82, 2.24) is 5.32 Å². The lowest BCUT2D eigenvalue weighted by molar-refractivity contribution is 0.0965. The molecule has 2 aromatic rings. The lowest BCUT2D eigenvalue weighted by atomic mass is 10.0. The molecule has 0 saturated heterocycles. The molecule has 0 atom stereocenters. The van der Waals surface area contributed by atoms with Gasteiger partial charge < -0.3 is 11.1 Å². The summed E-state index contributed by atoms with van der Waals surface area (Å²) in [6.07, 6.45) is 0. The normalized spacial score (nSPS) is 10.2. The summed E-state index contributed by atoms with van der Waals surface area (Å²) >= 11 is 0. The number of rotatable bonds is 1. The van der Waals surface area contributed by atoms with Crippen LogP contribution in [-0.4, -0.2) is 13.0 Å². The van der Waals surface area contributed by atoms with Gasteiger partial charge in [0.25, 0.3) is 5.91 Å². The Bertz CT molecular complexity index is 520. The maximum atomic E-state index is 11.6. The van der Waals surface area contributed by atoms with Crippen molar-refractivity contribution in [3.8, 4) is 0 Å². The van der Waals surface area contributed by atoms with Gasteiger partial charge in [-0.1, -0.05) is 24.3 Å². The van der Waals surface area contributed by atoms with Crippen LogP contribution in [0.4, 0.5) is 5.69 Å². The monoisotopic (exact) mass is 200 g/mol. The Balaban J connectivity index is 2.77. The van der Waals surface area contributed by atoms with Crippen molar-refractivity contribution in [2.75, 3.05) is 12.8 Å². The molecule has 2 rings (SSSR count). The predicted molar refractivity (Wildman–Crippen MR) is 61.8 cm³/mol. The molecule has 0 unspecified atom stereocenters. The van der Waals surface area contributed by atoms with Gasteiger partial charge in [-0.2, -0.15) is 0 Å². The van der Waals surface area contributed by atoms with E-state index >= 15 is 0 Å². The SMILES string of the molecule is CNC(=O)c1ccc(N)c2ccccc12. The van der Waals surface area contributed by atoms with E-state index in [2.05, 4.69) is 5.32 Å². The van der Waals surface area contributed by atoms with Gasteiger partial charge in [-0.25, -0.2) is 0 Å². The second-order valence-corrected chi connectivity index (χ2v) is 3.33. The fourth-order valence-electron chi connectivity index (χ4n) is 1.66. The molecule has 0 aliphatic heterocycles. The minimum Gasteiger partial charge on any atom is -0.398 e. The zero-order valence-corrected chi connectivity index (χ0v) is 8.45. The standard InChI is InChI=1S/C12H12N2O/c1-14-12(15)10-6-7-11(13)9-5-3-2-4-8(9)10/h2-7H,13H2,1H3,(H,14,15). The lowest BCUT2D eigenvalue weighted by Crippen LogP contribution is -2.18. The highest BCUT2D eigenvalue weighted by molar-refractivity contribution is 6.09. The molecule has 0 spiro atoms. The maximum Gasteiger partial charge on any atom is 0.251 e. The molecule has 0 aliphatic carbocycles. The van der Waals surface area contributed by atoms with Crippen LogP contribution < -0.4 is 11.1 Å². The molecule has 0 saturated carbocycles. The van der Waals surface area contributed by atoms with Crippen molar-refractivity contribution in [2.24, 2.45) is 0 Å². The summed E-state index contributed by atoms with van der Waals surface area (Å²) < 4.78 is 0. The third kappa shape index (κ3) is 1.52. The van der Waals surface area contributed by atoms with Crippen LogP contribution >= 0.6 is 0 Å². The molecule has 0 radical (unpaired) electrons. The van der Waals surface area contributed by atoms with Gasteiger partial charge in [-0.3, -0.25) is 4.79 Å².